The Bertz CT molecular complexity index is 780. The smallest absolute Gasteiger partial charge is 0.160 e. The Kier molecular flexibility index (Phi) is 3.10. The van der Waals surface area contributed by atoms with Crippen molar-refractivity contribution in [3.8, 4) is 17.1 Å². The summed E-state index contributed by atoms with van der Waals surface area (Å²) in [5.41, 5.74) is 2.34. The van der Waals surface area contributed by atoms with Crippen LogP contribution in [-0.2, 0) is 0 Å². The average molecular weight is 288 g/mol. The Morgan fingerprint density at radius 3 is 2.80 bits per heavy atom. The molecule has 0 amide bonds. The Hall–Kier alpha value is -2.07. The highest BCUT2D eigenvalue weighted by molar-refractivity contribution is 6.33. The van der Waals surface area contributed by atoms with Gasteiger partial charge in [0.1, 0.15) is 17.1 Å². The number of phenolic OH excluding ortho intramolecular Hbond substituents is 1. The number of hydrogen-bond donors (Lipinski definition) is 1. The van der Waals surface area contributed by atoms with Gasteiger partial charge in [0.05, 0.1) is 5.02 Å². The summed E-state index contributed by atoms with van der Waals surface area (Å²) in [4.78, 5) is 9.01. The molecule has 3 aromatic rings. The number of fused-ring (bicyclic) bond motifs is 1. The molecular formula is C15H14ClN3O. The predicted octanol–water partition coefficient (Wildman–Crippen LogP) is 4.04. The monoisotopic (exact) mass is 287 g/mol. The molecule has 0 fully saturated rings. The van der Waals surface area contributed by atoms with Crippen molar-refractivity contribution < 1.29 is 5.11 Å². The Labute approximate surface area is 121 Å². The molecule has 0 spiro atoms. The number of aromatic nitrogens is 3. The van der Waals surface area contributed by atoms with Crippen LogP contribution in [0.2, 0.25) is 5.02 Å². The van der Waals surface area contributed by atoms with Crippen LogP contribution >= 0.6 is 11.6 Å². The van der Waals surface area contributed by atoms with Crippen molar-refractivity contribution in [2.45, 2.75) is 19.9 Å². The van der Waals surface area contributed by atoms with E-state index in [1.807, 2.05) is 16.7 Å². The second kappa shape index (κ2) is 4.80. The van der Waals surface area contributed by atoms with E-state index in [2.05, 4.69) is 23.8 Å². The van der Waals surface area contributed by atoms with E-state index in [0.29, 0.717) is 10.6 Å². The van der Waals surface area contributed by atoms with E-state index in [9.17, 15) is 5.11 Å². The summed E-state index contributed by atoms with van der Waals surface area (Å²) >= 11 is 6.25. The van der Waals surface area contributed by atoms with Gasteiger partial charge in [0.15, 0.2) is 5.65 Å². The number of rotatable bonds is 2. The zero-order valence-electron chi connectivity index (χ0n) is 11.2. The number of phenols is 1. The number of benzene rings is 1. The molecule has 0 unspecified atom stereocenters. The lowest BCUT2D eigenvalue weighted by Crippen LogP contribution is -2.04. The zero-order chi connectivity index (χ0) is 14.3. The molecular weight excluding hydrogens is 274 g/mol. The van der Waals surface area contributed by atoms with Gasteiger partial charge in [0, 0.05) is 17.8 Å². The van der Waals surface area contributed by atoms with Gasteiger partial charge in [-0.15, -0.1) is 0 Å². The van der Waals surface area contributed by atoms with Crippen LogP contribution in [-0.4, -0.2) is 19.6 Å². The van der Waals surface area contributed by atoms with Crippen LogP contribution in [0.4, 0.5) is 0 Å². The molecule has 0 aliphatic carbocycles. The predicted molar refractivity (Wildman–Crippen MR) is 80.0 cm³/mol. The second-order valence-corrected chi connectivity index (χ2v) is 5.32. The molecule has 5 heteroatoms. The average Bonchev–Trinajstić information content (AvgIpc) is 2.80. The highest BCUT2D eigenvalue weighted by atomic mass is 35.5. The number of hydrogen-bond acceptors (Lipinski definition) is 3. The van der Waals surface area contributed by atoms with E-state index in [1.165, 1.54) is 0 Å². The van der Waals surface area contributed by atoms with Gasteiger partial charge in [-0.25, -0.2) is 9.97 Å². The maximum absolute atomic E-state index is 9.69. The van der Waals surface area contributed by atoms with E-state index in [4.69, 9.17) is 11.6 Å². The summed E-state index contributed by atoms with van der Waals surface area (Å²) in [6, 6.07) is 8.82. The summed E-state index contributed by atoms with van der Waals surface area (Å²) in [6.45, 7) is 4.13. The van der Waals surface area contributed by atoms with Crippen LogP contribution in [0.25, 0.3) is 22.6 Å². The first-order chi connectivity index (χ1) is 9.58. The van der Waals surface area contributed by atoms with Gasteiger partial charge in [-0.1, -0.05) is 11.6 Å². The number of aromatic hydroxyl groups is 1. The van der Waals surface area contributed by atoms with Crippen molar-refractivity contribution in [2.24, 2.45) is 0 Å². The summed E-state index contributed by atoms with van der Waals surface area (Å²) in [5.74, 6) is 0.884. The van der Waals surface area contributed by atoms with E-state index >= 15 is 0 Å². The van der Waals surface area contributed by atoms with Gasteiger partial charge in [-0.3, -0.25) is 0 Å². The third kappa shape index (κ3) is 2.02. The van der Waals surface area contributed by atoms with Crippen molar-refractivity contribution in [3.63, 3.8) is 0 Å². The molecule has 0 saturated heterocycles. The van der Waals surface area contributed by atoms with Gasteiger partial charge in [0.2, 0.25) is 0 Å². The molecule has 4 nitrogen and oxygen atoms in total. The molecule has 0 aliphatic heterocycles. The second-order valence-electron chi connectivity index (χ2n) is 4.91. The molecule has 1 aromatic carbocycles. The molecule has 1 N–H and O–H groups in total. The third-order valence-corrected chi connectivity index (χ3v) is 3.49. The largest absolute Gasteiger partial charge is 0.508 e. The topological polar surface area (TPSA) is 50.9 Å². The molecule has 102 valence electrons. The van der Waals surface area contributed by atoms with Gasteiger partial charge >= 0.3 is 0 Å². The fourth-order valence-corrected chi connectivity index (χ4v) is 2.50. The van der Waals surface area contributed by atoms with Gasteiger partial charge in [0.25, 0.3) is 0 Å². The van der Waals surface area contributed by atoms with Crippen molar-refractivity contribution in [1.82, 2.24) is 14.5 Å². The van der Waals surface area contributed by atoms with Crippen LogP contribution in [0.3, 0.4) is 0 Å². The first-order valence-electron chi connectivity index (χ1n) is 6.40. The minimum absolute atomic E-state index is 0.166. The van der Waals surface area contributed by atoms with E-state index in [-0.39, 0.29) is 11.8 Å². The van der Waals surface area contributed by atoms with Crippen molar-refractivity contribution in [2.75, 3.05) is 0 Å². The fraction of sp³-hybridized carbons (Fsp3) is 0.200. The summed E-state index contributed by atoms with van der Waals surface area (Å²) < 4.78 is 2.02. The molecule has 0 aliphatic rings. The van der Waals surface area contributed by atoms with Gasteiger partial charge in [-0.2, -0.15) is 0 Å². The fourth-order valence-electron chi connectivity index (χ4n) is 2.29. The molecule has 3 rings (SSSR count). The molecule has 2 heterocycles. The third-order valence-electron chi connectivity index (χ3n) is 3.16. The first kappa shape index (κ1) is 12.9. The number of pyridine rings is 1. The minimum Gasteiger partial charge on any atom is -0.508 e. The van der Waals surface area contributed by atoms with Crippen LogP contribution in [0.5, 0.6) is 5.75 Å². The van der Waals surface area contributed by atoms with Crippen molar-refractivity contribution in [3.05, 3.63) is 41.6 Å². The molecule has 0 atom stereocenters. The van der Waals surface area contributed by atoms with E-state index in [1.54, 1.807) is 24.4 Å². The lowest BCUT2D eigenvalue weighted by atomic mass is 10.2. The minimum atomic E-state index is 0.166. The summed E-state index contributed by atoms with van der Waals surface area (Å²) in [5, 5.41) is 10.2. The van der Waals surface area contributed by atoms with Crippen molar-refractivity contribution in [1.29, 1.82) is 0 Å². The van der Waals surface area contributed by atoms with Crippen LogP contribution in [0.1, 0.15) is 19.9 Å². The van der Waals surface area contributed by atoms with Gasteiger partial charge < -0.3 is 9.67 Å². The zero-order valence-corrected chi connectivity index (χ0v) is 12.0. The standard InChI is InChI=1S/C15H14ClN3O/c1-9(2)19-14(11-8-10(20)5-6-12(11)16)18-13-4-3-7-17-15(13)19/h3-9,20H,1-2H3. The van der Waals surface area contributed by atoms with Gasteiger partial charge in [-0.05, 0) is 44.2 Å². The Balaban J connectivity index is 2.35. The van der Waals surface area contributed by atoms with Crippen LogP contribution in [0, 0.1) is 0 Å². The van der Waals surface area contributed by atoms with E-state index in [0.717, 1.165) is 17.0 Å². The summed E-state index contributed by atoms with van der Waals surface area (Å²) in [6.07, 6.45) is 1.75. The van der Waals surface area contributed by atoms with E-state index < -0.39 is 0 Å². The number of nitrogens with zero attached hydrogens (tertiary/aromatic N) is 3. The Morgan fingerprint density at radius 1 is 1.25 bits per heavy atom. The summed E-state index contributed by atoms with van der Waals surface area (Å²) in [7, 11) is 0. The normalized spacial score (nSPS) is 11.4. The Morgan fingerprint density at radius 2 is 2.05 bits per heavy atom. The number of imidazole rings is 1. The number of halogens is 1. The van der Waals surface area contributed by atoms with Crippen LogP contribution < -0.4 is 0 Å². The molecule has 0 saturated carbocycles. The first-order valence-corrected chi connectivity index (χ1v) is 6.77. The maximum atomic E-state index is 9.69. The quantitative estimate of drug-likeness (QED) is 0.774. The SMILES string of the molecule is CC(C)n1c(-c2cc(O)ccc2Cl)nc2cccnc21. The van der Waals surface area contributed by atoms with Crippen molar-refractivity contribution >= 4 is 22.8 Å². The molecule has 0 bridgehead atoms. The lowest BCUT2D eigenvalue weighted by molar-refractivity contribution is 0.475. The molecule has 20 heavy (non-hydrogen) atoms. The molecule has 2 aromatic heterocycles. The highest BCUT2D eigenvalue weighted by Crippen LogP contribution is 2.33. The highest BCUT2D eigenvalue weighted by Gasteiger charge is 2.18. The van der Waals surface area contributed by atoms with Crippen LogP contribution in [0.15, 0.2) is 36.5 Å². The lowest BCUT2D eigenvalue weighted by Gasteiger charge is -2.13. The maximum Gasteiger partial charge on any atom is 0.160 e. The molecule has 0 radical (unpaired) electrons.